The van der Waals surface area contributed by atoms with E-state index in [1.165, 1.54) is 11.8 Å². The standard InChI is InChI=1S/C18H25N3O3S/c1-13(2)11-21(8-9-23-4)18(22)16-6-5-7-19-17(16)25-12-15-10-14(3)24-20-15/h5-7,10,13H,8-9,11-12H2,1-4H3. The Bertz CT molecular complexity index is 688. The summed E-state index contributed by atoms with van der Waals surface area (Å²) in [6.45, 7) is 7.81. The van der Waals surface area contributed by atoms with E-state index in [-0.39, 0.29) is 5.91 Å². The largest absolute Gasteiger partial charge is 0.383 e. The van der Waals surface area contributed by atoms with Crippen LogP contribution < -0.4 is 0 Å². The van der Waals surface area contributed by atoms with Crippen molar-refractivity contribution < 1.29 is 14.1 Å². The van der Waals surface area contributed by atoms with Gasteiger partial charge >= 0.3 is 0 Å². The fourth-order valence-corrected chi connectivity index (χ4v) is 3.25. The average Bonchev–Trinajstić information content (AvgIpc) is 3.01. The Morgan fingerprint density at radius 1 is 1.44 bits per heavy atom. The molecule has 0 aliphatic carbocycles. The van der Waals surface area contributed by atoms with Crippen LogP contribution in [-0.4, -0.2) is 47.8 Å². The van der Waals surface area contributed by atoms with Crippen LogP contribution >= 0.6 is 11.8 Å². The van der Waals surface area contributed by atoms with Crippen LogP contribution in [0, 0.1) is 12.8 Å². The van der Waals surface area contributed by atoms with Crippen molar-refractivity contribution >= 4 is 17.7 Å². The second-order valence-corrected chi connectivity index (χ2v) is 7.18. The van der Waals surface area contributed by atoms with Gasteiger partial charge in [-0.2, -0.15) is 0 Å². The Hall–Kier alpha value is -1.86. The zero-order valence-electron chi connectivity index (χ0n) is 15.2. The third-order valence-corrected chi connectivity index (χ3v) is 4.51. The van der Waals surface area contributed by atoms with Gasteiger partial charge in [-0.1, -0.05) is 30.8 Å². The lowest BCUT2D eigenvalue weighted by Crippen LogP contribution is -2.37. The first-order valence-corrected chi connectivity index (χ1v) is 9.28. The highest BCUT2D eigenvalue weighted by Crippen LogP contribution is 2.25. The summed E-state index contributed by atoms with van der Waals surface area (Å²) >= 11 is 1.49. The van der Waals surface area contributed by atoms with E-state index in [4.69, 9.17) is 9.26 Å². The molecule has 25 heavy (non-hydrogen) atoms. The highest BCUT2D eigenvalue weighted by atomic mass is 32.2. The molecule has 2 rings (SSSR count). The van der Waals surface area contributed by atoms with Crippen molar-refractivity contribution in [2.75, 3.05) is 26.8 Å². The molecule has 0 spiro atoms. The van der Waals surface area contributed by atoms with E-state index in [2.05, 4.69) is 24.0 Å². The van der Waals surface area contributed by atoms with Gasteiger partial charge in [0.2, 0.25) is 0 Å². The summed E-state index contributed by atoms with van der Waals surface area (Å²) in [5.74, 6) is 1.75. The van der Waals surface area contributed by atoms with E-state index in [0.717, 1.165) is 11.5 Å². The molecule has 0 aliphatic heterocycles. The van der Waals surface area contributed by atoms with Crippen LogP contribution in [-0.2, 0) is 10.5 Å². The van der Waals surface area contributed by atoms with Crippen LogP contribution in [0.2, 0.25) is 0 Å². The molecular formula is C18H25N3O3S. The number of hydrogen-bond donors (Lipinski definition) is 0. The maximum Gasteiger partial charge on any atom is 0.256 e. The Morgan fingerprint density at radius 2 is 2.24 bits per heavy atom. The minimum atomic E-state index is -0.0160. The topological polar surface area (TPSA) is 68.5 Å². The third kappa shape index (κ3) is 5.86. The Kier molecular flexibility index (Phi) is 7.46. The van der Waals surface area contributed by atoms with Crippen molar-refractivity contribution in [2.24, 2.45) is 5.92 Å². The number of amides is 1. The molecule has 6 nitrogen and oxygen atoms in total. The van der Waals surface area contributed by atoms with Gasteiger partial charge in [-0.3, -0.25) is 4.79 Å². The van der Waals surface area contributed by atoms with Gasteiger partial charge < -0.3 is 14.2 Å². The zero-order valence-corrected chi connectivity index (χ0v) is 16.0. The minimum absolute atomic E-state index is 0.0160. The predicted molar refractivity (Wildman–Crippen MR) is 97.7 cm³/mol. The number of rotatable bonds is 9. The molecule has 0 fully saturated rings. The van der Waals surface area contributed by atoms with E-state index >= 15 is 0 Å². The number of ether oxygens (including phenoxy) is 1. The summed E-state index contributed by atoms with van der Waals surface area (Å²) < 4.78 is 10.2. The summed E-state index contributed by atoms with van der Waals surface area (Å²) in [5.41, 5.74) is 1.45. The normalized spacial score (nSPS) is 11.1. The molecule has 0 N–H and O–H groups in total. The van der Waals surface area contributed by atoms with E-state index < -0.39 is 0 Å². The van der Waals surface area contributed by atoms with Crippen molar-refractivity contribution in [3.8, 4) is 0 Å². The fourth-order valence-electron chi connectivity index (χ4n) is 2.39. The number of nitrogens with zero attached hydrogens (tertiary/aromatic N) is 3. The molecule has 0 saturated heterocycles. The van der Waals surface area contributed by atoms with Gasteiger partial charge in [0, 0.05) is 38.2 Å². The molecule has 2 heterocycles. The van der Waals surface area contributed by atoms with Gasteiger partial charge in [-0.25, -0.2) is 4.98 Å². The molecule has 7 heteroatoms. The predicted octanol–water partition coefficient (Wildman–Crippen LogP) is 3.41. The van der Waals surface area contributed by atoms with Crippen molar-refractivity contribution in [3.05, 3.63) is 41.4 Å². The number of thioether (sulfide) groups is 1. The van der Waals surface area contributed by atoms with Crippen LogP contribution in [0.15, 0.2) is 33.9 Å². The molecule has 0 radical (unpaired) electrons. The second-order valence-electron chi connectivity index (χ2n) is 6.21. The van der Waals surface area contributed by atoms with Crippen LogP contribution in [0.3, 0.4) is 0 Å². The Labute approximate surface area is 152 Å². The van der Waals surface area contributed by atoms with Crippen molar-refractivity contribution in [1.29, 1.82) is 0 Å². The molecule has 0 unspecified atom stereocenters. The summed E-state index contributed by atoms with van der Waals surface area (Å²) in [4.78, 5) is 19.2. The van der Waals surface area contributed by atoms with E-state index in [1.807, 2.05) is 24.0 Å². The molecule has 136 valence electrons. The third-order valence-electron chi connectivity index (χ3n) is 3.47. The number of carbonyl (C=O) groups is 1. The summed E-state index contributed by atoms with van der Waals surface area (Å²) in [5, 5.41) is 4.69. The van der Waals surface area contributed by atoms with Gasteiger partial charge in [-0.05, 0) is 25.0 Å². The lowest BCUT2D eigenvalue weighted by molar-refractivity contribution is 0.0668. The highest BCUT2D eigenvalue weighted by Gasteiger charge is 2.20. The quantitative estimate of drug-likeness (QED) is 0.636. The molecule has 0 atom stereocenters. The van der Waals surface area contributed by atoms with Gasteiger partial charge in [0.1, 0.15) is 10.8 Å². The maximum atomic E-state index is 13.0. The number of carbonyl (C=O) groups excluding carboxylic acids is 1. The molecular weight excluding hydrogens is 338 g/mol. The first kappa shape index (κ1) is 19.5. The van der Waals surface area contributed by atoms with Gasteiger partial charge in [0.25, 0.3) is 5.91 Å². The van der Waals surface area contributed by atoms with Gasteiger partial charge in [0.05, 0.1) is 17.9 Å². The Balaban J connectivity index is 2.14. The van der Waals surface area contributed by atoms with Crippen LogP contribution in [0.1, 0.15) is 35.7 Å². The lowest BCUT2D eigenvalue weighted by atomic mass is 10.2. The van der Waals surface area contributed by atoms with Crippen LogP contribution in [0.4, 0.5) is 0 Å². The monoisotopic (exact) mass is 363 g/mol. The highest BCUT2D eigenvalue weighted by molar-refractivity contribution is 7.98. The molecule has 2 aromatic rings. The maximum absolute atomic E-state index is 13.0. The summed E-state index contributed by atoms with van der Waals surface area (Å²) in [6.07, 6.45) is 1.70. The number of methoxy groups -OCH3 is 1. The van der Waals surface area contributed by atoms with Crippen molar-refractivity contribution in [3.63, 3.8) is 0 Å². The van der Waals surface area contributed by atoms with Crippen LogP contribution in [0.25, 0.3) is 0 Å². The first-order valence-electron chi connectivity index (χ1n) is 8.29. The molecule has 0 aromatic carbocycles. The smallest absolute Gasteiger partial charge is 0.256 e. The average molecular weight is 363 g/mol. The number of pyridine rings is 1. The summed E-state index contributed by atoms with van der Waals surface area (Å²) in [6, 6.07) is 5.51. The number of hydrogen-bond acceptors (Lipinski definition) is 6. The minimum Gasteiger partial charge on any atom is -0.383 e. The molecule has 1 amide bonds. The van der Waals surface area contributed by atoms with Crippen molar-refractivity contribution in [1.82, 2.24) is 15.0 Å². The van der Waals surface area contributed by atoms with E-state index in [1.54, 1.807) is 19.4 Å². The van der Waals surface area contributed by atoms with Crippen molar-refractivity contribution in [2.45, 2.75) is 31.6 Å². The lowest BCUT2D eigenvalue weighted by Gasteiger charge is -2.25. The molecule has 0 bridgehead atoms. The van der Waals surface area contributed by atoms with E-state index in [0.29, 0.717) is 42.0 Å². The fraction of sp³-hybridized carbons (Fsp3) is 0.500. The number of aromatic nitrogens is 2. The van der Waals surface area contributed by atoms with E-state index in [9.17, 15) is 4.79 Å². The van der Waals surface area contributed by atoms with Crippen LogP contribution in [0.5, 0.6) is 0 Å². The van der Waals surface area contributed by atoms with Gasteiger partial charge in [-0.15, -0.1) is 0 Å². The number of aryl methyl sites for hydroxylation is 1. The molecule has 2 aromatic heterocycles. The first-order chi connectivity index (χ1) is 12.0. The Morgan fingerprint density at radius 3 is 2.88 bits per heavy atom. The SMILES string of the molecule is COCCN(CC(C)C)C(=O)c1cccnc1SCc1cc(C)on1. The van der Waals surface area contributed by atoms with Gasteiger partial charge in [0.15, 0.2) is 0 Å². The molecule has 0 aliphatic rings. The summed E-state index contributed by atoms with van der Waals surface area (Å²) in [7, 11) is 1.64. The second kappa shape index (κ2) is 9.58. The zero-order chi connectivity index (χ0) is 18.2. The molecule has 0 saturated carbocycles.